The molecule has 0 aliphatic carbocycles. The van der Waals surface area contributed by atoms with E-state index in [9.17, 15) is 13.2 Å². The molecule has 10 heteroatoms. The Morgan fingerprint density at radius 2 is 1.77 bits per heavy atom. The number of nitrogens with one attached hydrogen (secondary N) is 2. The Balaban J connectivity index is 1.90. The molecule has 0 unspecified atom stereocenters. The van der Waals surface area contributed by atoms with Crippen molar-refractivity contribution >= 4 is 44.6 Å². The topological polar surface area (TPSA) is 93.7 Å². The zero-order valence-corrected chi connectivity index (χ0v) is 19.2. The smallest absolute Gasteiger partial charge is 0.250 e. The molecule has 0 fully saturated rings. The molecule has 3 rings (SSSR count). The Kier molecular flexibility index (Phi) is 7.55. The molecule has 0 aliphatic heterocycles. The maximum absolute atomic E-state index is 13.1. The molecular weight excluding hydrogens is 460 g/mol. The van der Waals surface area contributed by atoms with Crippen LogP contribution in [0.4, 0.5) is 5.69 Å². The van der Waals surface area contributed by atoms with E-state index >= 15 is 0 Å². The van der Waals surface area contributed by atoms with E-state index in [1.165, 1.54) is 26.4 Å². The van der Waals surface area contributed by atoms with E-state index in [4.69, 9.17) is 21.1 Å². The summed E-state index contributed by atoms with van der Waals surface area (Å²) < 4.78 is 38.7. The highest BCUT2D eigenvalue weighted by Crippen LogP contribution is 2.36. The molecule has 1 amide bonds. The quantitative estimate of drug-likeness (QED) is 0.483. The summed E-state index contributed by atoms with van der Waals surface area (Å²) in [5, 5.41) is 4.65. The maximum Gasteiger partial charge on any atom is 0.250 e. The average Bonchev–Trinajstić information content (AvgIpc) is 3.30. The Bertz CT molecular complexity index is 1140. The lowest BCUT2D eigenvalue weighted by molar-refractivity contribution is -0.117. The predicted molar refractivity (Wildman–Crippen MR) is 122 cm³/mol. The van der Waals surface area contributed by atoms with Gasteiger partial charge in [-0.2, -0.15) is 4.72 Å². The van der Waals surface area contributed by atoms with Crippen LogP contribution in [0.2, 0.25) is 5.02 Å². The van der Waals surface area contributed by atoms with Crippen molar-refractivity contribution in [2.75, 3.05) is 19.5 Å². The summed E-state index contributed by atoms with van der Waals surface area (Å²) in [6.45, 7) is 0. The van der Waals surface area contributed by atoms with Gasteiger partial charge < -0.3 is 14.8 Å². The Morgan fingerprint density at radius 1 is 1.06 bits per heavy atom. The summed E-state index contributed by atoms with van der Waals surface area (Å²) in [7, 11) is -0.968. The number of thiophene rings is 1. The number of carbonyl (C=O) groups excluding carboxylic acids is 1. The third kappa shape index (κ3) is 5.76. The van der Waals surface area contributed by atoms with Gasteiger partial charge in [0.25, 0.3) is 10.0 Å². The SMILES string of the molecule is COc1cc(OC)c(NC(=O)[C@H](Cc2ccccc2)NS(=O)(=O)c2cccs2)cc1Cl. The zero-order valence-electron chi connectivity index (χ0n) is 16.8. The maximum atomic E-state index is 13.1. The van der Waals surface area contributed by atoms with E-state index in [0.717, 1.165) is 16.9 Å². The molecule has 0 spiro atoms. The van der Waals surface area contributed by atoms with Crippen LogP contribution in [0.5, 0.6) is 11.5 Å². The molecule has 2 N–H and O–H groups in total. The molecule has 3 aromatic rings. The Hall–Kier alpha value is -2.59. The highest BCUT2D eigenvalue weighted by Gasteiger charge is 2.27. The van der Waals surface area contributed by atoms with Gasteiger partial charge in [-0.25, -0.2) is 8.42 Å². The minimum atomic E-state index is -3.88. The van der Waals surface area contributed by atoms with Crippen molar-refractivity contribution in [2.45, 2.75) is 16.7 Å². The summed E-state index contributed by atoms with van der Waals surface area (Å²) in [6, 6.07) is 14.2. The normalized spacial score (nSPS) is 12.2. The molecule has 0 bridgehead atoms. The number of amides is 1. The predicted octanol–water partition coefficient (Wildman–Crippen LogP) is 3.95. The molecule has 0 saturated carbocycles. The number of rotatable bonds is 9. The highest BCUT2D eigenvalue weighted by molar-refractivity contribution is 7.91. The molecule has 0 radical (unpaired) electrons. The fourth-order valence-corrected chi connectivity index (χ4v) is 5.32. The van der Waals surface area contributed by atoms with Gasteiger partial charge >= 0.3 is 0 Å². The lowest BCUT2D eigenvalue weighted by atomic mass is 10.1. The van der Waals surface area contributed by atoms with E-state index in [1.54, 1.807) is 17.5 Å². The molecule has 2 aromatic carbocycles. The number of halogens is 1. The van der Waals surface area contributed by atoms with Crippen molar-refractivity contribution < 1.29 is 22.7 Å². The number of carbonyl (C=O) groups is 1. The van der Waals surface area contributed by atoms with Gasteiger partial charge in [0.1, 0.15) is 21.8 Å². The van der Waals surface area contributed by atoms with Crippen LogP contribution >= 0.6 is 22.9 Å². The van der Waals surface area contributed by atoms with Crippen LogP contribution in [0, 0.1) is 0 Å². The Labute approximate surface area is 190 Å². The Morgan fingerprint density at radius 3 is 2.39 bits per heavy atom. The van der Waals surface area contributed by atoms with Crippen molar-refractivity contribution in [1.29, 1.82) is 0 Å². The first-order chi connectivity index (χ1) is 14.8. The third-order valence-corrected chi connectivity index (χ3v) is 7.55. The number of benzene rings is 2. The summed E-state index contributed by atoms with van der Waals surface area (Å²) in [5.41, 5.74) is 1.10. The summed E-state index contributed by atoms with van der Waals surface area (Å²) in [4.78, 5) is 13.1. The first kappa shape index (κ1) is 23.1. The molecule has 1 atom stereocenters. The van der Waals surface area contributed by atoms with Gasteiger partial charge in [0.2, 0.25) is 5.91 Å². The van der Waals surface area contributed by atoms with Crippen molar-refractivity contribution in [1.82, 2.24) is 4.72 Å². The van der Waals surface area contributed by atoms with Crippen molar-refractivity contribution in [3.05, 3.63) is 70.6 Å². The summed E-state index contributed by atoms with van der Waals surface area (Å²) >= 11 is 7.26. The van der Waals surface area contributed by atoms with Crippen LogP contribution in [0.15, 0.2) is 64.2 Å². The number of methoxy groups -OCH3 is 2. The van der Waals surface area contributed by atoms with E-state index in [1.807, 2.05) is 30.3 Å². The fraction of sp³-hybridized carbons (Fsp3) is 0.190. The zero-order chi connectivity index (χ0) is 22.4. The van der Waals surface area contributed by atoms with Gasteiger partial charge in [-0.1, -0.05) is 48.0 Å². The molecule has 1 aromatic heterocycles. The number of sulfonamides is 1. The van der Waals surface area contributed by atoms with Crippen LogP contribution in [-0.2, 0) is 21.2 Å². The van der Waals surface area contributed by atoms with Gasteiger partial charge in [0.15, 0.2) is 0 Å². The van der Waals surface area contributed by atoms with Crippen molar-refractivity contribution in [3.8, 4) is 11.5 Å². The minimum absolute atomic E-state index is 0.128. The molecule has 0 saturated heterocycles. The van der Waals surface area contributed by atoms with E-state index in [0.29, 0.717) is 17.2 Å². The number of hydrogen-bond acceptors (Lipinski definition) is 6. The van der Waals surface area contributed by atoms with E-state index < -0.39 is 22.0 Å². The lowest BCUT2D eigenvalue weighted by Gasteiger charge is -2.20. The van der Waals surface area contributed by atoms with Crippen LogP contribution < -0.4 is 19.5 Å². The van der Waals surface area contributed by atoms with Gasteiger partial charge in [-0.05, 0) is 29.5 Å². The van der Waals surface area contributed by atoms with Gasteiger partial charge in [-0.3, -0.25) is 4.79 Å². The van der Waals surface area contributed by atoms with Crippen molar-refractivity contribution in [2.24, 2.45) is 0 Å². The monoisotopic (exact) mass is 480 g/mol. The highest BCUT2D eigenvalue weighted by atomic mass is 35.5. The second kappa shape index (κ2) is 10.1. The summed E-state index contributed by atoms with van der Waals surface area (Å²) in [5.74, 6) is 0.161. The number of anilines is 1. The molecule has 164 valence electrons. The molecule has 0 aliphatic rings. The second-order valence-electron chi connectivity index (χ2n) is 6.47. The van der Waals surface area contributed by atoms with Crippen LogP contribution in [0.3, 0.4) is 0 Å². The van der Waals surface area contributed by atoms with Crippen molar-refractivity contribution in [3.63, 3.8) is 0 Å². The molecule has 1 heterocycles. The molecule has 7 nitrogen and oxygen atoms in total. The van der Waals surface area contributed by atoms with Crippen LogP contribution in [-0.4, -0.2) is 34.6 Å². The minimum Gasteiger partial charge on any atom is -0.495 e. The first-order valence-electron chi connectivity index (χ1n) is 9.16. The molecule has 31 heavy (non-hydrogen) atoms. The molecular formula is C21H21ClN2O5S2. The van der Waals surface area contributed by atoms with E-state index in [2.05, 4.69) is 10.0 Å². The van der Waals surface area contributed by atoms with E-state index in [-0.39, 0.29) is 15.7 Å². The van der Waals surface area contributed by atoms with Crippen LogP contribution in [0.25, 0.3) is 0 Å². The fourth-order valence-electron chi connectivity index (χ4n) is 2.88. The largest absolute Gasteiger partial charge is 0.495 e. The lowest BCUT2D eigenvalue weighted by Crippen LogP contribution is -2.45. The second-order valence-corrected chi connectivity index (χ2v) is 9.77. The number of hydrogen-bond donors (Lipinski definition) is 2. The third-order valence-electron chi connectivity index (χ3n) is 4.39. The van der Waals surface area contributed by atoms with Gasteiger partial charge in [0, 0.05) is 6.07 Å². The van der Waals surface area contributed by atoms with Crippen LogP contribution in [0.1, 0.15) is 5.56 Å². The van der Waals surface area contributed by atoms with Gasteiger partial charge in [-0.15, -0.1) is 11.3 Å². The standard InChI is InChI=1S/C21H21ClN2O5S2/c1-28-18-13-19(29-2)16(12-15(18)22)23-21(25)17(11-14-7-4-3-5-8-14)24-31(26,27)20-9-6-10-30-20/h3-10,12-13,17,24H,11H2,1-2H3,(H,23,25)/t17-/m0/s1. The average molecular weight is 481 g/mol. The first-order valence-corrected chi connectivity index (χ1v) is 11.9. The number of ether oxygens (including phenoxy) is 2. The summed E-state index contributed by atoms with van der Waals surface area (Å²) in [6.07, 6.45) is 0.156. The van der Waals surface area contributed by atoms with Gasteiger partial charge in [0.05, 0.1) is 24.9 Å².